The summed E-state index contributed by atoms with van der Waals surface area (Å²) < 4.78 is 12.8. The van der Waals surface area contributed by atoms with Crippen molar-refractivity contribution in [2.75, 3.05) is 0 Å². The largest absolute Gasteiger partial charge is 0.243 e. The quantitative estimate of drug-likeness (QED) is 0.614. The van der Waals surface area contributed by atoms with Crippen LogP contribution in [0, 0.1) is 12.1 Å². The summed E-state index contributed by atoms with van der Waals surface area (Å²) in [5.41, 5.74) is 0.600. The van der Waals surface area contributed by atoms with Crippen LogP contribution in [0.3, 0.4) is 0 Å². The van der Waals surface area contributed by atoms with Crippen molar-refractivity contribution in [3.05, 3.63) is 15.8 Å². The first kappa shape index (κ1) is 7.66. The number of aromatic nitrogens is 1. The highest BCUT2D eigenvalue weighted by Gasteiger charge is 2.10. The standard InChI is InChI=1S/C7H10FNS/c1-4(2)6-7(8)10-5(3)9-6/h4H,1-3H3. The van der Waals surface area contributed by atoms with E-state index in [1.807, 2.05) is 20.8 Å². The van der Waals surface area contributed by atoms with Crippen LogP contribution in [0.15, 0.2) is 0 Å². The predicted molar refractivity (Wildman–Crippen MR) is 40.9 cm³/mol. The molecule has 0 radical (unpaired) electrons. The van der Waals surface area contributed by atoms with Crippen molar-refractivity contribution in [3.8, 4) is 0 Å². The van der Waals surface area contributed by atoms with Gasteiger partial charge >= 0.3 is 0 Å². The van der Waals surface area contributed by atoms with Crippen LogP contribution in [-0.4, -0.2) is 4.98 Å². The van der Waals surface area contributed by atoms with Crippen molar-refractivity contribution in [3.63, 3.8) is 0 Å². The zero-order valence-electron chi connectivity index (χ0n) is 6.31. The Morgan fingerprint density at radius 1 is 1.50 bits per heavy atom. The maximum absolute atomic E-state index is 12.8. The van der Waals surface area contributed by atoms with Crippen LogP contribution in [0.5, 0.6) is 0 Å². The molecule has 10 heavy (non-hydrogen) atoms. The van der Waals surface area contributed by atoms with E-state index in [2.05, 4.69) is 4.98 Å². The molecule has 0 saturated heterocycles. The number of thiazole rings is 1. The second-order valence-electron chi connectivity index (χ2n) is 2.55. The van der Waals surface area contributed by atoms with E-state index in [1.54, 1.807) is 0 Å². The van der Waals surface area contributed by atoms with Gasteiger partial charge in [-0.1, -0.05) is 25.2 Å². The number of hydrogen-bond acceptors (Lipinski definition) is 2. The lowest BCUT2D eigenvalue weighted by Crippen LogP contribution is -1.89. The monoisotopic (exact) mass is 159 g/mol. The molecular weight excluding hydrogens is 149 g/mol. The predicted octanol–water partition coefficient (Wildman–Crippen LogP) is 2.71. The lowest BCUT2D eigenvalue weighted by atomic mass is 10.2. The van der Waals surface area contributed by atoms with Crippen molar-refractivity contribution in [1.29, 1.82) is 0 Å². The maximum atomic E-state index is 12.8. The minimum absolute atomic E-state index is 0.132. The fourth-order valence-corrected chi connectivity index (χ4v) is 1.56. The minimum atomic E-state index is -0.132. The summed E-state index contributed by atoms with van der Waals surface area (Å²) in [6, 6.07) is 0. The molecule has 1 heterocycles. The number of rotatable bonds is 1. The smallest absolute Gasteiger partial charge is 0.199 e. The summed E-state index contributed by atoms with van der Waals surface area (Å²) in [6.45, 7) is 5.70. The first-order chi connectivity index (χ1) is 4.61. The fraction of sp³-hybridized carbons (Fsp3) is 0.571. The average molecular weight is 159 g/mol. The van der Waals surface area contributed by atoms with E-state index in [4.69, 9.17) is 0 Å². The highest BCUT2D eigenvalue weighted by molar-refractivity contribution is 7.10. The van der Waals surface area contributed by atoms with E-state index in [0.29, 0.717) is 5.69 Å². The summed E-state index contributed by atoms with van der Waals surface area (Å²) in [5, 5.41) is 0.675. The molecule has 1 nitrogen and oxygen atoms in total. The number of hydrogen-bond donors (Lipinski definition) is 0. The molecule has 0 N–H and O–H groups in total. The first-order valence-electron chi connectivity index (χ1n) is 3.24. The van der Waals surface area contributed by atoms with Crippen LogP contribution in [0.2, 0.25) is 0 Å². The van der Waals surface area contributed by atoms with Gasteiger partial charge in [-0.15, -0.1) is 0 Å². The Bertz CT molecular complexity index is 230. The van der Waals surface area contributed by atoms with Crippen molar-refractivity contribution >= 4 is 11.3 Å². The molecule has 0 aliphatic rings. The van der Waals surface area contributed by atoms with Gasteiger partial charge in [0.2, 0.25) is 0 Å². The van der Waals surface area contributed by atoms with Gasteiger partial charge in [0.1, 0.15) is 0 Å². The van der Waals surface area contributed by atoms with Crippen molar-refractivity contribution in [2.24, 2.45) is 0 Å². The molecule has 0 atom stereocenters. The first-order valence-corrected chi connectivity index (χ1v) is 4.05. The summed E-state index contributed by atoms with van der Waals surface area (Å²) in [4.78, 5) is 4.05. The summed E-state index contributed by atoms with van der Waals surface area (Å²) in [6.07, 6.45) is 0. The van der Waals surface area contributed by atoms with E-state index in [0.717, 1.165) is 16.3 Å². The molecule has 0 unspecified atom stereocenters. The Morgan fingerprint density at radius 2 is 2.10 bits per heavy atom. The van der Waals surface area contributed by atoms with E-state index < -0.39 is 0 Å². The minimum Gasteiger partial charge on any atom is -0.243 e. The average Bonchev–Trinajstić information content (AvgIpc) is 2.10. The van der Waals surface area contributed by atoms with Crippen LogP contribution in [-0.2, 0) is 0 Å². The number of halogens is 1. The van der Waals surface area contributed by atoms with Gasteiger partial charge in [-0.05, 0) is 12.8 Å². The summed E-state index contributed by atoms with van der Waals surface area (Å²) in [5.74, 6) is 0.199. The summed E-state index contributed by atoms with van der Waals surface area (Å²) >= 11 is 1.12. The molecule has 0 bridgehead atoms. The van der Waals surface area contributed by atoms with Gasteiger partial charge in [0.15, 0.2) is 5.13 Å². The van der Waals surface area contributed by atoms with Crippen molar-refractivity contribution in [1.82, 2.24) is 4.98 Å². The Balaban J connectivity index is 3.03. The number of aryl methyl sites for hydroxylation is 1. The van der Waals surface area contributed by atoms with Gasteiger partial charge in [0.05, 0.1) is 10.7 Å². The molecule has 0 amide bonds. The topological polar surface area (TPSA) is 12.9 Å². The van der Waals surface area contributed by atoms with Crippen LogP contribution in [0.1, 0.15) is 30.5 Å². The SMILES string of the molecule is Cc1nc(C(C)C)c(F)s1. The molecular formula is C7H10FNS. The lowest BCUT2D eigenvalue weighted by Gasteiger charge is -1.96. The van der Waals surface area contributed by atoms with Crippen LogP contribution < -0.4 is 0 Å². The second kappa shape index (κ2) is 2.66. The fourth-order valence-electron chi connectivity index (χ4n) is 0.774. The molecule has 0 aromatic carbocycles. The third-order valence-electron chi connectivity index (χ3n) is 1.26. The molecule has 0 saturated carbocycles. The van der Waals surface area contributed by atoms with Crippen LogP contribution >= 0.6 is 11.3 Å². The molecule has 1 rings (SSSR count). The third kappa shape index (κ3) is 1.34. The molecule has 1 aromatic rings. The van der Waals surface area contributed by atoms with Gasteiger partial charge in [0.25, 0.3) is 0 Å². The lowest BCUT2D eigenvalue weighted by molar-refractivity contribution is 0.617. The van der Waals surface area contributed by atoms with Crippen LogP contribution in [0.4, 0.5) is 4.39 Å². The molecule has 1 aromatic heterocycles. The highest BCUT2D eigenvalue weighted by Crippen LogP contribution is 2.22. The van der Waals surface area contributed by atoms with Gasteiger partial charge in [-0.25, -0.2) is 4.98 Å². The van der Waals surface area contributed by atoms with E-state index in [9.17, 15) is 4.39 Å². The van der Waals surface area contributed by atoms with Crippen LogP contribution in [0.25, 0.3) is 0 Å². The van der Waals surface area contributed by atoms with E-state index in [-0.39, 0.29) is 11.0 Å². The normalized spacial score (nSPS) is 10.9. The second-order valence-corrected chi connectivity index (χ2v) is 3.70. The van der Waals surface area contributed by atoms with Crippen molar-refractivity contribution in [2.45, 2.75) is 26.7 Å². The van der Waals surface area contributed by atoms with Gasteiger partial charge < -0.3 is 0 Å². The van der Waals surface area contributed by atoms with Gasteiger partial charge in [0, 0.05) is 0 Å². The molecule has 0 spiro atoms. The van der Waals surface area contributed by atoms with E-state index >= 15 is 0 Å². The number of nitrogens with zero attached hydrogens (tertiary/aromatic N) is 1. The molecule has 3 heteroatoms. The Labute approximate surface area is 63.9 Å². The van der Waals surface area contributed by atoms with Gasteiger partial charge in [-0.2, -0.15) is 4.39 Å². The summed E-state index contributed by atoms with van der Waals surface area (Å²) in [7, 11) is 0. The zero-order valence-corrected chi connectivity index (χ0v) is 7.13. The molecule has 0 aliphatic heterocycles. The Hall–Kier alpha value is -0.440. The Kier molecular flexibility index (Phi) is 2.04. The Morgan fingerprint density at radius 3 is 2.30 bits per heavy atom. The maximum Gasteiger partial charge on any atom is 0.199 e. The third-order valence-corrected chi connectivity index (χ3v) is 2.04. The highest BCUT2D eigenvalue weighted by atomic mass is 32.1. The van der Waals surface area contributed by atoms with Gasteiger partial charge in [-0.3, -0.25) is 0 Å². The van der Waals surface area contributed by atoms with Crippen molar-refractivity contribution < 1.29 is 4.39 Å². The van der Waals surface area contributed by atoms with E-state index in [1.165, 1.54) is 0 Å². The molecule has 56 valence electrons. The molecule has 0 fully saturated rings. The molecule has 0 aliphatic carbocycles. The zero-order chi connectivity index (χ0) is 7.72.